The van der Waals surface area contributed by atoms with Gasteiger partial charge in [0, 0.05) is 13.2 Å². The van der Waals surface area contributed by atoms with Crippen molar-refractivity contribution in [1.82, 2.24) is 0 Å². The van der Waals surface area contributed by atoms with E-state index >= 15 is 0 Å². The number of unbranched alkanes of at least 4 members (excludes halogenated alkanes) is 7. The SMILES string of the molecule is COCCOCO[C@H](/C=C/C(=O)O)[C@H]1OC(C)(C)O[C@@H]1CCCCCCCCCC[C@H](C)O. The van der Waals surface area contributed by atoms with Crippen molar-refractivity contribution in [1.29, 1.82) is 0 Å². The van der Waals surface area contributed by atoms with Gasteiger partial charge in [-0.05, 0) is 39.7 Å². The molecule has 1 aliphatic rings. The predicted octanol–water partition coefficient (Wildman–Crippen LogP) is 4.43. The molecule has 1 saturated heterocycles. The fourth-order valence-electron chi connectivity index (χ4n) is 3.98. The maximum atomic E-state index is 11.1. The molecular formula is C25H46O8. The fraction of sp³-hybridized carbons (Fsp3) is 0.880. The van der Waals surface area contributed by atoms with E-state index in [9.17, 15) is 9.90 Å². The highest BCUT2D eigenvalue weighted by atomic mass is 16.8. The maximum Gasteiger partial charge on any atom is 0.328 e. The van der Waals surface area contributed by atoms with Crippen LogP contribution in [0.1, 0.15) is 85.0 Å². The number of ether oxygens (including phenoxy) is 5. The summed E-state index contributed by atoms with van der Waals surface area (Å²) in [6, 6.07) is 0. The Morgan fingerprint density at radius 2 is 1.67 bits per heavy atom. The lowest BCUT2D eigenvalue weighted by Gasteiger charge is -2.24. The largest absolute Gasteiger partial charge is 0.478 e. The van der Waals surface area contributed by atoms with E-state index in [1.807, 2.05) is 20.8 Å². The van der Waals surface area contributed by atoms with Gasteiger partial charge in [0.25, 0.3) is 0 Å². The van der Waals surface area contributed by atoms with Crippen molar-refractivity contribution in [3.05, 3.63) is 12.2 Å². The van der Waals surface area contributed by atoms with Crippen molar-refractivity contribution in [2.24, 2.45) is 0 Å². The van der Waals surface area contributed by atoms with Crippen LogP contribution in [0.5, 0.6) is 0 Å². The number of hydrogen-bond donors (Lipinski definition) is 2. The molecule has 8 nitrogen and oxygen atoms in total. The standard InChI is InChI=1S/C25H46O8/c1-20(26)13-11-9-7-5-6-8-10-12-14-22-24(33-25(2,3)32-22)21(15-16-23(27)28)31-19-30-18-17-29-4/h15-16,20-22,24,26H,5-14,17-19H2,1-4H3,(H,27,28)/b16-15+/t20-,21+,22+,24+/m0/s1. The Kier molecular flexibility index (Phi) is 15.8. The number of carboxylic acids is 1. The average Bonchev–Trinajstić information content (AvgIpc) is 3.05. The van der Waals surface area contributed by atoms with Crippen LogP contribution >= 0.6 is 0 Å². The number of aliphatic hydroxyl groups excluding tert-OH is 1. The molecule has 2 N–H and O–H groups in total. The zero-order valence-electron chi connectivity index (χ0n) is 21.0. The molecule has 1 fully saturated rings. The third-order valence-corrected chi connectivity index (χ3v) is 5.61. The molecule has 8 heteroatoms. The molecule has 0 spiro atoms. The summed E-state index contributed by atoms with van der Waals surface area (Å²) in [5.74, 6) is -1.79. The van der Waals surface area contributed by atoms with Crippen LogP contribution in [-0.2, 0) is 28.5 Å². The Hall–Kier alpha value is -1.03. The van der Waals surface area contributed by atoms with Crippen LogP contribution in [-0.4, -0.2) is 73.5 Å². The number of aliphatic carboxylic acids is 1. The van der Waals surface area contributed by atoms with E-state index < -0.39 is 24.0 Å². The van der Waals surface area contributed by atoms with Crippen LogP contribution in [0.2, 0.25) is 0 Å². The van der Waals surface area contributed by atoms with Crippen molar-refractivity contribution in [3.63, 3.8) is 0 Å². The summed E-state index contributed by atoms with van der Waals surface area (Å²) in [5.41, 5.74) is 0. The Morgan fingerprint density at radius 1 is 1.03 bits per heavy atom. The Morgan fingerprint density at radius 3 is 2.27 bits per heavy atom. The normalized spacial score (nSPS) is 22.1. The van der Waals surface area contributed by atoms with Crippen LogP contribution in [0.25, 0.3) is 0 Å². The molecule has 0 unspecified atom stereocenters. The van der Waals surface area contributed by atoms with E-state index in [0.717, 1.165) is 38.2 Å². The summed E-state index contributed by atoms with van der Waals surface area (Å²) in [7, 11) is 1.60. The number of carboxylic acid groups (broad SMARTS) is 1. The molecule has 0 amide bonds. The third-order valence-electron chi connectivity index (χ3n) is 5.61. The van der Waals surface area contributed by atoms with Gasteiger partial charge >= 0.3 is 5.97 Å². The molecule has 4 atom stereocenters. The average molecular weight is 475 g/mol. The lowest BCUT2D eigenvalue weighted by atomic mass is 10.00. The van der Waals surface area contributed by atoms with Gasteiger partial charge in [0.1, 0.15) is 19.0 Å². The smallest absolute Gasteiger partial charge is 0.328 e. The van der Waals surface area contributed by atoms with Gasteiger partial charge in [-0.15, -0.1) is 0 Å². The highest BCUT2D eigenvalue weighted by Crippen LogP contribution is 2.34. The first kappa shape index (κ1) is 30.0. The molecule has 0 aromatic carbocycles. The summed E-state index contributed by atoms with van der Waals surface area (Å²) in [5, 5.41) is 18.3. The summed E-state index contributed by atoms with van der Waals surface area (Å²) < 4.78 is 28.4. The van der Waals surface area contributed by atoms with Crippen molar-refractivity contribution >= 4 is 5.97 Å². The number of methoxy groups -OCH3 is 1. The van der Waals surface area contributed by atoms with E-state index in [1.165, 1.54) is 38.2 Å². The second-order valence-electron chi connectivity index (χ2n) is 9.24. The van der Waals surface area contributed by atoms with Crippen molar-refractivity contribution < 1.29 is 38.7 Å². The second-order valence-corrected chi connectivity index (χ2v) is 9.24. The molecular weight excluding hydrogens is 428 g/mol. The molecule has 0 bridgehead atoms. The van der Waals surface area contributed by atoms with Gasteiger partial charge in [-0.1, -0.05) is 51.4 Å². The minimum absolute atomic E-state index is 0.0161. The second kappa shape index (κ2) is 17.4. The first-order valence-corrected chi connectivity index (χ1v) is 12.4. The number of aliphatic hydroxyl groups is 1. The van der Waals surface area contributed by atoms with E-state index in [4.69, 9.17) is 28.8 Å². The van der Waals surface area contributed by atoms with Gasteiger partial charge in [-0.3, -0.25) is 0 Å². The van der Waals surface area contributed by atoms with Crippen LogP contribution in [0.3, 0.4) is 0 Å². The summed E-state index contributed by atoms with van der Waals surface area (Å²) >= 11 is 0. The van der Waals surface area contributed by atoms with Gasteiger partial charge in [0.15, 0.2) is 5.79 Å². The van der Waals surface area contributed by atoms with Crippen LogP contribution in [0, 0.1) is 0 Å². The molecule has 194 valence electrons. The third kappa shape index (κ3) is 14.8. The lowest BCUT2D eigenvalue weighted by molar-refractivity contribution is -0.166. The Labute approximate surface area is 199 Å². The number of carbonyl (C=O) groups is 1. The fourth-order valence-corrected chi connectivity index (χ4v) is 3.98. The predicted molar refractivity (Wildman–Crippen MR) is 126 cm³/mol. The van der Waals surface area contributed by atoms with Crippen molar-refractivity contribution in [2.75, 3.05) is 27.1 Å². The first-order chi connectivity index (χ1) is 15.7. The summed E-state index contributed by atoms with van der Waals surface area (Å²) in [6.07, 6.45) is 12.2. The van der Waals surface area contributed by atoms with Gasteiger partial charge < -0.3 is 33.9 Å². The zero-order valence-corrected chi connectivity index (χ0v) is 21.0. The van der Waals surface area contributed by atoms with E-state index in [-0.39, 0.29) is 19.0 Å². The molecule has 1 aliphatic heterocycles. The van der Waals surface area contributed by atoms with E-state index in [2.05, 4.69) is 0 Å². The molecule has 0 aromatic heterocycles. The minimum Gasteiger partial charge on any atom is -0.478 e. The quantitative estimate of drug-likeness (QED) is 0.152. The molecule has 0 radical (unpaired) electrons. The van der Waals surface area contributed by atoms with Gasteiger partial charge in [-0.2, -0.15) is 0 Å². The summed E-state index contributed by atoms with van der Waals surface area (Å²) in [6.45, 7) is 6.44. The highest BCUT2D eigenvalue weighted by Gasteiger charge is 2.44. The summed E-state index contributed by atoms with van der Waals surface area (Å²) in [4.78, 5) is 11.1. The van der Waals surface area contributed by atoms with Gasteiger partial charge in [0.2, 0.25) is 0 Å². The first-order valence-electron chi connectivity index (χ1n) is 12.4. The number of rotatable bonds is 20. The van der Waals surface area contributed by atoms with Crippen LogP contribution in [0.15, 0.2) is 12.2 Å². The maximum absolute atomic E-state index is 11.1. The molecule has 0 aliphatic carbocycles. The molecule has 1 heterocycles. The minimum atomic E-state index is -1.04. The number of hydrogen-bond acceptors (Lipinski definition) is 7. The van der Waals surface area contributed by atoms with E-state index in [0.29, 0.717) is 13.2 Å². The van der Waals surface area contributed by atoms with Gasteiger partial charge in [-0.25, -0.2) is 4.79 Å². The molecule has 1 rings (SSSR count). The van der Waals surface area contributed by atoms with Crippen molar-refractivity contribution in [3.8, 4) is 0 Å². The van der Waals surface area contributed by atoms with Crippen LogP contribution < -0.4 is 0 Å². The molecule has 33 heavy (non-hydrogen) atoms. The topological polar surface area (TPSA) is 104 Å². The molecule has 0 saturated carbocycles. The van der Waals surface area contributed by atoms with E-state index in [1.54, 1.807) is 7.11 Å². The van der Waals surface area contributed by atoms with Gasteiger partial charge in [0.05, 0.1) is 25.4 Å². The van der Waals surface area contributed by atoms with Crippen molar-refractivity contribution in [2.45, 2.75) is 115 Å². The van der Waals surface area contributed by atoms with Crippen LogP contribution in [0.4, 0.5) is 0 Å². The lowest BCUT2D eigenvalue weighted by Crippen LogP contribution is -2.37. The Bertz CT molecular complexity index is 534. The highest BCUT2D eigenvalue weighted by molar-refractivity contribution is 5.79. The monoisotopic (exact) mass is 474 g/mol. The molecule has 0 aromatic rings. The zero-order chi connectivity index (χ0) is 24.5. The Balaban J connectivity index is 2.43.